The highest BCUT2D eigenvalue weighted by Crippen LogP contribution is 2.17. The van der Waals surface area contributed by atoms with Crippen molar-refractivity contribution in [3.8, 4) is 0 Å². The first-order valence-electron chi connectivity index (χ1n) is 7.37. The van der Waals surface area contributed by atoms with Gasteiger partial charge in [-0.15, -0.1) is 11.3 Å². The predicted octanol–water partition coefficient (Wildman–Crippen LogP) is 2.05. The molecule has 0 bridgehead atoms. The van der Waals surface area contributed by atoms with Crippen LogP contribution < -0.4 is 5.32 Å². The van der Waals surface area contributed by atoms with Gasteiger partial charge in [-0.25, -0.2) is 0 Å². The third kappa shape index (κ3) is 9.95. The van der Waals surface area contributed by atoms with Crippen molar-refractivity contribution in [2.45, 2.75) is 20.1 Å². The van der Waals surface area contributed by atoms with Crippen LogP contribution in [0.5, 0.6) is 0 Å². The normalized spacial score (nSPS) is 11.1. The van der Waals surface area contributed by atoms with Crippen LogP contribution in [0.2, 0.25) is 0 Å². The monoisotopic (exact) mass is 317 g/mol. The number of thiophene rings is 1. The van der Waals surface area contributed by atoms with E-state index in [-0.39, 0.29) is 0 Å². The largest absolute Gasteiger partial charge is 0.382 e. The summed E-state index contributed by atoms with van der Waals surface area (Å²) in [7, 11) is 1.66. The van der Waals surface area contributed by atoms with Gasteiger partial charge >= 0.3 is 0 Å². The molecule has 0 saturated carbocycles. The van der Waals surface area contributed by atoms with Crippen molar-refractivity contribution >= 4 is 11.3 Å². The molecule has 1 aromatic heterocycles. The Hall–Kier alpha value is -0.500. The van der Waals surface area contributed by atoms with E-state index in [1.807, 2.05) is 0 Å². The molecule has 0 unspecified atom stereocenters. The lowest BCUT2D eigenvalue weighted by molar-refractivity contribution is 0.00120. The molecule has 0 radical (unpaired) electrons. The fraction of sp³-hybridized carbons (Fsp3) is 0.733. The van der Waals surface area contributed by atoms with E-state index < -0.39 is 0 Å². The quantitative estimate of drug-likeness (QED) is 0.532. The van der Waals surface area contributed by atoms with Crippen LogP contribution in [0.15, 0.2) is 12.1 Å². The molecule has 1 aromatic rings. The van der Waals surface area contributed by atoms with Crippen molar-refractivity contribution in [1.29, 1.82) is 0 Å². The van der Waals surface area contributed by atoms with Gasteiger partial charge in [-0.2, -0.15) is 0 Å². The van der Waals surface area contributed by atoms with E-state index in [0.29, 0.717) is 46.2 Å². The van der Waals surface area contributed by atoms with Crippen LogP contribution in [0.4, 0.5) is 0 Å². The van der Waals surface area contributed by atoms with Crippen molar-refractivity contribution in [2.75, 3.05) is 53.3 Å². The van der Waals surface area contributed by atoms with Gasteiger partial charge in [0, 0.05) is 23.4 Å². The van der Waals surface area contributed by atoms with E-state index in [9.17, 15) is 0 Å². The van der Waals surface area contributed by atoms with Crippen LogP contribution >= 0.6 is 11.3 Å². The van der Waals surface area contributed by atoms with Crippen LogP contribution in [0.1, 0.15) is 16.7 Å². The summed E-state index contributed by atoms with van der Waals surface area (Å²) in [5.41, 5.74) is 0. The summed E-state index contributed by atoms with van der Waals surface area (Å²) >= 11 is 1.79. The lowest BCUT2D eigenvalue weighted by atomic mass is 10.4. The molecule has 0 amide bonds. The molecule has 6 heteroatoms. The Morgan fingerprint density at radius 1 is 0.905 bits per heavy atom. The van der Waals surface area contributed by atoms with Crippen molar-refractivity contribution in [2.24, 2.45) is 0 Å². The highest BCUT2D eigenvalue weighted by molar-refractivity contribution is 7.11. The Kier molecular flexibility index (Phi) is 11.6. The SMILES string of the molecule is CCNCc1ccc(COCCOCCOCCOC)s1. The third-order valence-corrected chi connectivity index (χ3v) is 3.75. The zero-order valence-electron chi connectivity index (χ0n) is 13.1. The molecule has 5 nitrogen and oxygen atoms in total. The number of ether oxygens (including phenoxy) is 4. The van der Waals surface area contributed by atoms with Crippen molar-refractivity contribution in [1.82, 2.24) is 5.32 Å². The molecular weight excluding hydrogens is 290 g/mol. The lowest BCUT2D eigenvalue weighted by Crippen LogP contribution is -2.11. The first kappa shape index (κ1) is 18.5. The molecule has 0 aliphatic heterocycles. The van der Waals surface area contributed by atoms with Crippen LogP contribution in [-0.2, 0) is 32.1 Å². The average molecular weight is 317 g/mol. The topological polar surface area (TPSA) is 49.0 Å². The van der Waals surface area contributed by atoms with Crippen molar-refractivity contribution in [3.63, 3.8) is 0 Å². The van der Waals surface area contributed by atoms with Crippen LogP contribution in [0.25, 0.3) is 0 Å². The predicted molar refractivity (Wildman–Crippen MR) is 84.9 cm³/mol. The second kappa shape index (κ2) is 13.2. The standard InChI is InChI=1S/C15H27NO4S/c1-3-16-12-14-4-5-15(21-14)13-20-11-10-19-9-8-18-7-6-17-2/h4-5,16H,3,6-13H2,1-2H3. The molecule has 0 atom stereocenters. The average Bonchev–Trinajstić information content (AvgIpc) is 2.95. The molecule has 1 N–H and O–H groups in total. The maximum atomic E-state index is 5.59. The van der Waals surface area contributed by atoms with Gasteiger partial charge in [-0.1, -0.05) is 6.92 Å². The summed E-state index contributed by atoms with van der Waals surface area (Å²) in [5, 5.41) is 3.32. The minimum Gasteiger partial charge on any atom is -0.382 e. The van der Waals surface area contributed by atoms with E-state index in [1.54, 1.807) is 18.4 Å². The highest BCUT2D eigenvalue weighted by atomic mass is 32.1. The van der Waals surface area contributed by atoms with Crippen LogP contribution in [0.3, 0.4) is 0 Å². The molecular formula is C15H27NO4S. The van der Waals surface area contributed by atoms with Crippen molar-refractivity contribution in [3.05, 3.63) is 21.9 Å². The van der Waals surface area contributed by atoms with E-state index in [0.717, 1.165) is 13.1 Å². The van der Waals surface area contributed by atoms with Crippen molar-refractivity contribution < 1.29 is 18.9 Å². The number of hydrogen-bond donors (Lipinski definition) is 1. The minimum atomic E-state index is 0.596. The summed E-state index contributed by atoms with van der Waals surface area (Å²) < 4.78 is 21.2. The summed E-state index contributed by atoms with van der Waals surface area (Å²) in [5.74, 6) is 0. The number of hydrogen-bond acceptors (Lipinski definition) is 6. The van der Waals surface area contributed by atoms with Gasteiger partial charge < -0.3 is 24.3 Å². The molecule has 0 saturated heterocycles. The smallest absolute Gasteiger partial charge is 0.0810 e. The molecule has 1 rings (SSSR count). The van der Waals surface area contributed by atoms with E-state index in [4.69, 9.17) is 18.9 Å². The molecule has 0 spiro atoms. The van der Waals surface area contributed by atoms with Gasteiger partial charge in [0.05, 0.1) is 46.2 Å². The molecule has 1 heterocycles. The Morgan fingerprint density at radius 2 is 1.52 bits per heavy atom. The van der Waals surface area contributed by atoms with Gasteiger partial charge in [0.2, 0.25) is 0 Å². The van der Waals surface area contributed by atoms with Gasteiger partial charge in [0.25, 0.3) is 0 Å². The number of methoxy groups -OCH3 is 1. The second-order valence-electron chi connectivity index (χ2n) is 4.42. The maximum absolute atomic E-state index is 5.59. The second-order valence-corrected chi connectivity index (χ2v) is 5.67. The molecule has 0 aliphatic carbocycles. The van der Waals surface area contributed by atoms with E-state index >= 15 is 0 Å². The number of rotatable bonds is 14. The molecule has 0 aromatic carbocycles. The molecule has 0 aliphatic rings. The maximum Gasteiger partial charge on any atom is 0.0810 e. The fourth-order valence-corrected chi connectivity index (χ4v) is 2.52. The highest BCUT2D eigenvalue weighted by Gasteiger charge is 2.00. The zero-order chi connectivity index (χ0) is 15.2. The Balaban J connectivity index is 1.91. The summed E-state index contributed by atoms with van der Waals surface area (Å²) in [4.78, 5) is 2.60. The Morgan fingerprint density at radius 3 is 2.19 bits per heavy atom. The van der Waals surface area contributed by atoms with Crippen LogP contribution in [-0.4, -0.2) is 53.3 Å². The zero-order valence-corrected chi connectivity index (χ0v) is 13.9. The lowest BCUT2D eigenvalue weighted by Gasteiger charge is -2.06. The van der Waals surface area contributed by atoms with Gasteiger partial charge in [-0.05, 0) is 18.7 Å². The third-order valence-electron chi connectivity index (χ3n) is 2.69. The summed E-state index contributed by atoms with van der Waals surface area (Å²) in [6.07, 6.45) is 0. The summed E-state index contributed by atoms with van der Waals surface area (Å²) in [6, 6.07) is 4.28. The fourth-order valence-electron chi connectivity index (χ4n) is 1.60. The molecule has 21 heavy (non-hydrogen) atoms. The molecule has 122 valence electrons. The number of nitrogens with one attached hydrogen (secondary N) is 1. The van der Waals surface area contributed by atoms with E-state index in [2.05, 4.69) is 24.4 Å². The molecule has 0 fully saturated rings. The minimum absolute atomic E-state index is 0.596. The summed E-state index contributed by atoms with van der Waals surface area (Å²) in [6.45, 7) is 8.35. The first-order chi connectivity index (χ1) is 10.4. The Bertz CT molecular complexity index is 346. The van der Waals surface area contributed by atoms with Gasteiger partial charge in [-0.3, -0.25) is 0 Å². The van der Waals surface area contributed by atoms with Crippen LogP contribution in [0, 0.1) is 0 Å². The van der Waals surface area contributed by atoms with Gasteiger partial charge in [0.1, 0.15) is 0 Å². The van der Waals surface area contributed by atoms with Gasteiger partial charge in [0.15, 0.2) is 0 Å². The first-order valence-corrected chi connectivity index (χ1v) is 8.19. The Labute approximate surface area is 131 Å². The van der Waals surface area contributed by atoms with E-state index in [1.165, 1.54) is 9.75 Å².